The molecule has 3 atom stereocenters. The molecular formula is C25H30F2N6O4. The fourth-order valence-corrected chi connectivity index (χ4v) is 5.23. The summed E-state index contributed by atoms with van der Waals surface area (Å²) >= 11 is 0. The van der Waals surface area contributed by atoms with Crippen LogP contribution in [0.15, 0.2) is 18.2 Å². The second kappa shape index (κ2) is 10.8. The maximum absolute atomic E-state index is 13.7. The number of rotatable bonds is 8. The third-order valence-electron chi connectivity index (χ3n) is 7.15. The van der Waals surface area contributed by atoms with E-state index in [0.717, 1.165) is 21.6 Å². The molecule has 4 rings (SSSR count). The quantitative estimate of drug-likeness (QED) is 0.449. The van der Waals surface area contributed by atoms with Crippen molar-refractivity contribution in [1.29, 1.82) is 5.26 Å². The standard InChI is InChI=1S/C25H30F2N6O4/c26-25(27)10-18(11-29)33(14-25)24(37)20-8-17(23(36)31-20)9-22(35)32-12-16-3-1-2-15(19(16)13-32)4-5-21(34)30-7-6-28/h1-3,17-18,20H,4-10,12-14,28H2,(H,30,34)(H,31,36)/t17-,18-,20-/m0/s1. The summed E-state index contributed by atoms with van der Waals surface area (Å²) in [7, 11) is 0. The molecule has 2 fully saturated rings. The lowest BCUT2D eigenvalue weighted by atomic mass is 9.99. The number of nitrogens with two attached hydrogens (primary N) is 1. The first-order chi connectivity index (χ1) is 17.6. The van der Waals surface area contributed by atoms with Gasteiger partial charge in [0.1, 0.15) is 12.1 Å². The van der Waals surface area contributed by atoms with Crippen LogP contribution in [0.2, 0.25) is 0 Å². The maximum Gasteiger partial charge on any atom is 0.268 e. The van der Waals surface area contributed by atoms with E-state index in [4.69, 9.17) is 11.0 Å². The van der Waals surface area contributed by atoms with Crippen LogP contribution in [0.1, 0.15) is 42.4 Å². The van der Waals surface area contributed by atoms with Gasteiger partial charge in [-0.2, -0.15) is 5.26 Å². The number of amides is 4. The van der Waals surface area contributed by atoms with Gasteiger partial charge >= 0.3 is 0 Å². The number of carbonyl (C=O) groups excluding carboxylic acids is 4. The van der Waals surface area contributed by atoms with Gasteiger partial charge in [0, 0.05) is 51.4 Å². The Bertz CT molecular complexity index is 1140. The maximum atomic E-state index is 13.7. The zero-order valence-corrected chi connectivity index (χ0v) is 20.3. The van der Waals surface area contributed by atoms with Crippen LogP contribution in [0, 0.1) is 17.2 Å². The summed E-state index contributed by atoms with van der Waals surface area (Å²) < 4.78 is 27.5. The highest BCUT2D eigenvalue weighted by atomic mass is 19.3. The smallest absolute Gasteiger partial charge is 0.268 e. The summed E-state index contributed by atoms with van der Waals surface area (Å²) in [6, 6.07) is 5.18. The molecule has 0 unspecified atom stereocenters. The Morgan fingerprint density at radius 2 is 2.05 bits per heavy atom. The summed E-state index contributed by atoms with van der Waals surface area (Å²) in [4.78, 5) is 52.8. The van der Waals surface area contributed by atoms with Crippen LogP contribution in [0.5, 0.6) is 0 Å². The lowest BCUT2D eigenvalue weighted by Gasteiger charge is -2.22. The zero-order valence-electron chi connectivity index (χ0n) is 20.3. The first kappa shape index (κ1) is 26.5. The van der Waals surface area contributed by atoms with Crippen molar-refractivity contribution < 1.29 is 28.0 Å². The number of likely N-dealkylation sites (tertiary alicyclic amines) is 1. The molecule has 0 bridgehead atoms. The van der Waals surface area contributed by atoms with E-state index in [2.05, 4.69) is 10.6 Å². The van der Waals surface area contributed by atoms with Crippen LogP contribution in [0.3, 0.4) is 0 Å². The number of carbonyl (C=O) groups is 4. The van der Waals surface area contributed by atoms with Crippen LogP contribution < -0.4 is 16.4 Å². The van der Waals surface area contributed by atoms with Crippen molar-refractivity contribution >= 4 is 23.6 Å². The van der Waals surface area contributed by atoms with Gasteiger partial charge in [0.15, 0.2) is 0 Å². The summed E-state index contributed by atoms with van der Waals surface area (Å²) in [5, 5.41) is 14.4. The van der Waals surface area contributed by atoms with E-state index in [1.807, 2.05) is 18.2 Å². The molecule has 0 aliphatic carbocycles. The SMILES string of the molecule is N#C[C@@H]1CC(F)(F)CN1C(=O)[C@@H]1C[C@@H](CC(=O)N2Cc3cccc(CCC(=O)NCCN)c3C2)C(=O)N1. The molecule has 2 saturated heterocycles. The Morgan fingerprint density at radius 1 is 1.27 bits per heavy atom. The second-order valence-electron chi connectivity index (χ2n) is 9.81. The van der Waals surface area contributed by atoms with Gasteiger partial charge in [0.2, 0.25) is 23.6 Å². The molecular weight excluding hydrogens is 486 g/mol. The molecule has 3 heterocycles. The zero-order chi connectivity index (χ0) is 26.7. The molecule has 0 spiro atoms. The highest BCUT2D eigenvalue weighted by Gasteiger charge is 2.50. The van der Waals surface area contributed by atoms with Crippen LogP contribution in [0.25, 0.3) is 0 Å². The number of halogens is 2. The Kier molecular flexibility index (Phi) is 7.73. The fourth-order valence-electron chi connectivity index (χ4n) is 5.23. The molecule has 4 N–H and O–H groups in total. The minimum atomic E-state index is -3.15. The third-order valence-corrected chi connectivity index (χ3v) is 7.15. The van der Waals surface area contributed by atoms with Gasteiger partial charge in [-0.1, -0.05) is 18.2 Å². The van der Waals surface area contributed by atoms with Crippen molar-refractivity contribution in [3.8, 4) is 6.07 Å². The third kappa shape index (κ3) is 5.88. The van der Waals surface area contributed by atoms with Crippen molar-refractivity contribution in [2.24, 2.45) is 11.7 Å². The molecule has 1 aromatic carbocycles. The number of nitriles is 1. The summed E-state index contributed by atoms with van der Waals surface area (Å²) in [5.41, 5.74) is 8.36. The molecule has 10 nitrogen and oxygen atoms in total. The predicted octanol–water partition coefficient (Wildman–Crippen LogP) is 0.191. The van der Waals surface area contributed by atoms with Gasteiger partial charge in [0.05, 0.1) is 12.6 Å². The summed E-state index contributed by atoms with van der Waals surface area (Å²) in [5.74, 6) is -5.46. The molecule has 3 aliphatic rings. The first-order valence-corrected chi connectivity index (χ1v) is 12.3. The number of aryl methyl sites for hydroxylation is 1. The molecule has 37 heavy (non-hydrogen) atoms. The van der Waals surface area contributed by atoms with E-state index in [1.165, 1.54) is 0 Å². The number of nitrogens with one attached hydrogen (secondary N) is 2. The van der Waals surface area contributed by atoms with Crippen molar-refractivity contribution in [2.45, 2.75) is 63.2 Å². The van der Waals surface area contributed by atoms with Gasteiger partial charge in [-0.25, -0.2) is 8.78 Å². The molecule has 0 radical (unpaired) electrons. The molecule has 0 aromatic heterocycles. The molecule has 12 heteroatoms. The fraction of sp³-hybridized carbons (Fsp3) is 0.560. The summed E-state index contributed by atoms with van der Waals surface area (Å²) in [6.07, 6.45) is -0.00706. The molecule has 0 saturated carbocycles. The van der Waals surface area contributed by atoms with E-state index >= 15 is 0 Å². The van der Waals surface area contributed by atoms with E-state index in [-0.39, 0.29) is 24.7 Å². The molecule has 4 amide bonds. The average Bonchev–Trinajstić information content (AvgIpc) is 3.55. The van der Waals surface area contributed by atoms with Gasteiger partial charge in [0.25, 0.3) is 5.92 Å². The van der Waals surface area contributed by atoms with Crippen molar-refractivity contribution in [3.63, 3.8) is 0 Å². The second-order valence-corrected chi connectivity index (χ2v) is 9.81. The van der Waals surface area contributed by atoms with E-state index in [0.29, 0.717) is 39.0 Å². The van der Waals surface area contributed by atoms with Gasteiger partial charge in [-0.15, -0.1) is 0 Å². The van der Waals surface area contributed by atoms with Gasteiger partial charge < -0.3 is 26.2 Å². The Balaban J connectivity index is 1.33. The molecule has 3 aliphatic heterocycles. The lowest BCUT2D eigenvalue weighted by molar-refractivity contribution is -0.135. The van der Waals surface area contributed by atoms with E-state index in [9.17, 15) is 28.0 Å². The van der Waals surface area contributed by atoms with E-state index < -0.39 is 48.7 Å². The number of hydrogen-bond donors (Lipinski definition) is 3. The number of fused-ring (bicyclic) bond motifs is 1. The number of hydrogen-bond acceptors (Lipinski definition) is 6. The van der Waals surface area contributed by atoms with Crippen molar-refractivity contribution in [3.05, 3.63) is 34.9 Å². The lowest BCUT2D eigenvalue weighted by Crippen LogP contribution is -2.46. The van der Waals surface area contributed by atoms with Crippen molar-refractivity contribution in [2.75, 3.05) is 19.6 Å². The largest absolute Gasteiger partial charge is 0.355 e. The Hall–Kier alpha value is -3.59. The van der Waals surface area contributed by atoms with Crippen LogP contribution >= 0.6 is 0 Å². The molecule has 1 aromatic rings. The van der Waals surface area contributed by atoms with Gasteiger partial charge in [-0.3, -0.25) is 19.2 Å². The summed E-state index contributed by atoms with van der Waals surface area (Å²) in [6.45, 7) is 0.663. The predicted molar refractivity (Wildman–Crippen MR) is 126 cm³/mol. The monoisotopic (exact) mass is 516 g/mol. The van der Waals surface area contributed by atoms with Crippen LogP contribution in [-0.2, 0) is 38.7 Å². The van der Waals surface area contributed by atoms with Crippen molar-refractivity contribution in [1.82, 2.24) is 20.4 Å². The number of nitrogens with zero attached hydrogens (tertiary/aromatic N) is 3. The molecule has 198 valence electrons. The Labute approximate surface area is 213 Å². The van der Waals surface area contributed by atoms with Gasteiger partial charge in [-0.05, 0) is 29.5 Å². The first-order valence-electron chi connectivity index (χ1n) is 12.3. The highest BCUT2D eigenvalue weighted by molar-refractivity contribution is 5.94. The minimum absolute atomic E-state index is 0.00752. The van der Waals surface area contributed by atoms with Crippen LogP contribution in [0.4, 0.5) is 8.78 Å². The normalized spacial score (nSPS) is 23.9. The topological polar surface area (TPSA) is 149 Å². The highest BCUT2D eigenvalue weighted by Crippen LogP contribution is 2.34. The van der Waals surface area contributed by atoms with E-state index in [1.54, 1.807) is 11.0 Å². The number of alkyl halides is 2. The number of benzene rings is 1. The average molecular weight is 517 g/mol. The Morgan fingerprint density at radius 3 is 2.78 bits per heavy atom. The van der Waals surface area contributed by atoms with Crippen LogP contribution in [-0.4, -0.2) is 71.1 Å². The minimum Gasteiger partial charge on any atom is -0.355 e.